The number of aryl methyl sites for hydroxylation is 1. The van der Waals surface area contributed by atoms with E-state index in [4.69, 9.17) is 9.47 Å². The number of nitrogens with one attached hydrogen (secondary N) is 2. The number of ether oxygens (including phenoxy) is 2. The molecule has 1 amide bonds. The van der Waals surface area contributed by atoms with Crippen molar-refractivity contribution < 1.29 is 19.1 Å². The Hall–Kier alpha value is -1.87. The summed E-state index contributed by atoms with van der Waals surface area (Å²) >= 11 is 0. The predicted octanol–water partition coefficient (Wildman–Crippen LogP) is 3.46. The summed E-state index contributed by atoms with van der Waals surface area (Å²) < 4.78 is 10.2. The van der Waals surface area contributed by atoms with Gasteiger partial charge in [-0.15, -0.1) is 5.10 Å². The molecule has 0 fully saturated rings. The smallest absolute Gasteiger partial charge is 0.226 e. The quantitative estimate of drug-likeness (QED) is 0.231. The Morgan fingerprint density at radius 3 is 2.00 bits per heavy atom. The lowest BCUT2D eigenvalue weighted by molar-refractivity contribution is -0.121. The minimum atomic E-state index is -0.0219. The molecule has 0 unspecified atom stereocenters. The van der Waals surface area contributed by atoms with E-state index in [1.807, 2.05) is 0 Å². The maximum absolute atomic E-state index is 11.7. The van der Waals surface area contributed by atoms with Gasteiger partial charge in [0.1, 0.15) is 12.4 Å². The Bertz CT molecular complexity index is 542. The molecule has 0 aliphatic carbocycles. The Kier molecular flexibility index (Phi) is 19.7. The molecule has 0 bridgehead atoms. The number of tetrazole rings is 1. The Morgan fingerprint density at radius 2 is 1.41 bits per heavy atom. The highest BCUT2D eigenvalue weighted by Gasteiger charge is 2.01. The van der Waals surface area contributed by atoms with E-state index in [1.165, 1.54) is 64.2 Å². The fraction of sp³-hybridized carbons (Fsp3) is 0.870. The van der Waals surface area contributed by atoms with E-state index in [0.717, 1.165) is 31.5 Å². The monoisotopic (exact) mass is 452 g/mol. The van der Waals surface area contributed by atoms with Crippen LogP contribution < -0.4 is 5.32 Å². The lowest BCUT2D eigenvalue weighted by atomic mass is 10.0. The first kappa shape index (κ1) is 28.2. The number of H-pyrrole nitrogens is 1. The molecule has 2 N–H and O–H groups in total. The minimum Gasteiger partial charge on any atom is -0.377 e. The van der Waals surface area contributed by atoms with Crippen molar-refractivity contribution in [2.24, 2.45) is 0 Å². The summed E-state index contributed by atoms with van der Waals surface area (Å²) in [5.74, 6) is 0.986. The third-order valence-electron chi connectivity index (χ3n) is 5.31. The topological polar surface area (TPSA) is 119 Å². The number of unbranched alkanes of at least 4 members (excludes halogenated alkanes) is 12. The SMILES string of the molecule is O=[C]COCCOCCNC(=O)CCCCCCCCCCCCCCCc1nnn[nH]1. The largest absolute Gasteiger partial charge is 0.377 e. The zero-order chi connectivity index (χ0) is 23.0. The highest BCUT2D eigenvalue weighted by atomic mass is 16.5. The fourth-order valence-electron chi connectivity index (χ4n) is 3.49. The van der Waals surface area contributed by atoms with Crippen LogP contribution in [0.1, 0.15) is 95.7 Å². The van der Waals surface area contributed by atoms with Gasteiger partial charge < -0.3 is 14.8 Å². The van der Waals surface area contributed by atoms with Crippen LogP contribution in [0.2, 0.25) is 0 Å². The summed E-state index contributed by atoms with van der Waals surface area (Å²) in [6.07, 6.45) is 19.5. The first-order valence-electron chi connectivity index (χ1n) is 12.3. The van der Waals surface area contributed by atoms with Gasteiger partial charge in [0.05, 0.1) is 19.8 Å². The van der Waals surface area contributed by atoms with Crippen molar-refractivity contribution in [1.82, 2.24) is 25.9 Å². The standard InChI is InChI=1S/C23H42N5O4/c29-17-19-32-21-20-31-18-16-24-23(30)15-13-11-9-7-5-3-1-2-4-6-8-10-12-14-22-25-27-28-26-22/h1-16,18-21H2,(H,24,30)(H,25,26,27,28). The van der Waals surface area contributed by atoms with Gasteiger partial charge >= 0.3 is 0 Å². The molecule has 0 aliphatic heterocycles. The second-order valence-electron chi connectivity index (χ2n) is 8.10. The van der Waals surface area contributed by atoms with Crippen LogP contribution in [0.4, 0.5) is 0 Å². The number of aromatic amines is 1. The summed E-state index contributed by atoms with van der Waals surface area (Å²) in [4.78, 5) is 21.7. The van der Waals surface area contributed by atoms with E-state index < -0.39 is 0 Å². The molecular formula is C23H42N5O4. The van der Waals surface area contributed by atoms with Gasteiger partial charge in [-0.1, -0.05) is 70.6 Å². The lowest BCUT2D eigenvalue weighted by Gasteiger charge is -2.06. The van der Waals surface area contributed by atoms with Gasteiger partial charge in [0.25, 0.3) is 0 Å². The van der Waals surface area contributed by atoms with Gasteiger partial charge in [0, 0.05) is 19.4 Å². The second kappa shape index (κ2) is 22.3. The van der Waals surface area contributed by atoms with Gasteiger partial charge in [0.2, 0.25) is 12.2 Å². The number of carbonyl (C=O) groups excluding carboxylic acids is 2. The van der Waals surface area contributed by atoms with Crippen molar-refractivity contribution in [2.45, 2.75) is 96.3 Å². The van der Waals surface area contributed by atoms with Crippen LogP contribution in [0.5, 0.6) is 0 Å². The second-order valence-corrected chi connectivity index (χ2v) is 8.10. The molecule has 0 saturated heterocycles. The van der Waals surface area contributed by atoms with E-state index in [0.29, 0.717) is 32.8 Å². The van der Waals surface area contributed by atoms with Gasteiger partial charge in [0.15, 0.2) is 0 Å². The molecule has 0 aliphatic rings. The van der Waals surface area contributed by atoms with Crippen molar-refractivity contribution in [3.8, 4) is 0 Å². The van der Waals surface area contributed by atoms with Crippen LogP contribution in [-0.4, -0.2) is 65.8 Å². The van der Waals surface area contributed by atoms with Crippen LogP contribution in [0.3, 0.4) is 0 Å². The zero-order valence-corrected chi connectivity index (χ0v) is 19.6. The summed E-state index contributed by atoms with van der Waals surface area (Å²) in [6.45, 7) is 1.74. The molecular weight excluding hydrogens is 410 g/mol. The number of nitrogens with zero attached hydrogens (tertiary/aromatic N) is 3. The van der Waals surface area contributed by atoms with Gasteiger partial charge in [-0.3, -0.25) is 9.59 Å². The first-order chi connectivity index (χ1) is 15.8. The summed E-state index contributed by atoms with van der Waals surface area (Å²) in [5, 5.41) is 16.7. The van der Waals surface area contributed by atoms with Crippen LogP contribution in [-0.2, 0) is 25.5 Å². The van der Waals surface area contributed by atoms with E-state index in [1.54, 1.807) is 6.29 Å². The predicted molar refractivity (Wildman–Crippen MR) is 123 cm³/mol. The number of hydrogen-bond acceptors (Lipinski definition) is 7. The van der Waals surface area contributed by atoms with Crippen LogP contribution in [0.25, 0.3) is 0 Å². The molecule has 9 heteroatoms. The third-order valence-corrected chi connectivity index (χ3v) is 5.31. The maximum Gasteiger partial charge on any atom is 0.226 e. The number of carbonyl (C=O) groups is 1. The van der Waals surface area contributed by atoms with Crippen molar-refractivity contribution >= 4 is 12.2 Å². The summed E-state index contributed by atoms with van der Waals surface area (Å²) in [7, 11) is 0. The average Bonchev–Trinajstić information content (AvgIpc) is 3.32. The van der Waals surface area contributed by atoms with Crippen molar-refractivity contribution in [3.05, 3.63) is 5.82 Å². The molecule has 0 atom stereocenters. The molecule has 1 heterocycles. The molecule has 1 rings (SSSR count). The van der Waals surface area contributed by atoms with Crippen molar-refractivity contribution in [3.63, 3.8) is 0 Å². The van der Waals surface area contributed by atoms with Crippen molar-refractivity contribution in [1.29, 1.82) is 0 Å². The average molecular weight is 453 g/mol. The Morgan fingerprint density at radius 1 is 0.812 bits per heavy atom. The molecule has 9 nitrogen and oxygen atoms in total. The molecule has 1 aromatic heterocycles. The Balaban J connectivity index is 1.69. The maximum atomic E-state index is 11.7. The molecule has 0 aromatic carbocycles. The molecule has 1 radical (unpaired) electrons. The molecule has 32 heavy (non-hydrogen) atoms. The zero-order valence-electron chi connectivity index (χ0n) is 19.6. The number of hydrogen-bond donors (Lipinski definition) is 2. The highest BCUT2D eigenvalue weighted by molar-refractivity contribution is 5.75. The normalized spacial score (nSPS) is 11.0. The van der Waals surface area contributed by atoms with Crippen LogP contribution in [0, 0.1) is 0 Å². The molecule has 0 saturated carbocycles. The first-order valence-corrected chi connectivity index (χ1v) is 12.3. The van der Waals surface area contributed by atoms with Gasteiger partial charge in [-0.25, -0.2) is 5.10 Å². The van der Waals surface area contributed by atoms with E-state index in [2.05, 4.69) is 25.9 Å². The van der Waals surface area contributed by atoms with E-state index in [-0.39, 0.29) is 12.5 Å². The minimum absolute atomic E-state index is 0.0219. The molecule has 1 aromatic rings. The number of amides is 1. The van der Waals surface area contributed by atoms with E-state index in [9.17, 15) is 9.59 Å². The fourth-order valence-corrected chi connectivity index (χ4v) is 3.49. The number of rotatable bonds is 24. The molecule has 183 valence electrons. The van der Waals surface area contributed by atoms with Crippen molar-refractivity contribution in [2.75, 3.05) is 33.0 Å². The van der Waals surface area contributed by atoms with Gasteiger partial charge in [-0.2, -0.15) is 0 Å². The lowest BCUT2D eigenvalue weighted by Crippen LogP contribution is -2.27. The van der Waals surface area contributed by atoms with E-state index >= 15 is 0 Å². The van der Waals surface area contributed by atoms with Gasteiger partial charge in [-0.05, 0) is 23.3 Å². The summed E-state index contributed by atoms with van der Waals surface area (Å²) in [5.41, 5.74) is 0. The number of aromatic nitrogens is 4. The highest BCUT2D eigenvalue weighted by Crippen LogP contribution is 2.13. The van der Waals surface area contributed by atoms with Crippen LogP contribution in [0.15, 0.2) is 0 Å². The van der Waals surface area contributed by atoms with Crippen LogP contribution >= 0.6 is 0 Å². The Labute approximate surface area is 192 Å². The summed E-state index contributed by atoms with van der Waals surface area (Å²) in [6, 6.07) is 0. The molecule has 0 spiro atoms. The third kappa shape index (κ3) is 18.9.